The lowest BCUT2D eigenvalue weighted by Crippen LogP contribution is -2.49. The number of amides is 1. The Morgan fingerprint density at radius 2 is 1.79 bits per heavy atom. The summed E-state index contributed by atoms with van der Waals surface area (Å²) in [6.45, 7) is 3.99. The number of hydrogen-bond acceptors (Lipinski definition) is 4. The Bertz CT molecular complexity index is 706. The van der Waals surface area contributed by atoms with Crippen LogP contribution in [0.4, 0.5) is 0 Å². The van der Waals surface area contributed by atoms with Gasteiger partial charge in [0.05, 0.1) is 11.8 Å². The van der Waals surface area contributed by atoms with Crippen molar-refractivity contribution < 1.29 is 14.7 Å². The Balaban J connectivity index is 1.48. The van der Waals surface area contributed by atoms with E-state index in [2.05, 4.69) is 22.1 Å². The molecule has 0 spiro atoms. The third kappa shape index (κ3) is 3.99. The number of carbonyl (C=O) groups is 2. The number of carboxylic acid groups (broad SMARTS) is 1. The van der Waals surface area contributed by atoms with Crippen LogP contribution in [0.1, 0.15) is 15.9 Å². The van der Waals surface area contributed by atoms with E-state index < -0.39 is 5.97 Å². The van der Waals surface area contributed by atoms with Crippen LogP contribution in [0.5, 0.6) is 0 Å². The standard InChI is InChI=1S/C17H20N4O3/c22-16(13-21-12-15(10-18-21)17(23)24)20-8-6-19(7-9-20)11-14-4-2-1-3-5-14/h1-5,10,12H,6-9,11,13H2,(H,23,24). The third-order valence-electron chi connectivity index (χ3n) is 4.15. The molecule has 3 rings (SSSR count). The van der Waals surface area contributed by atoms with Crippen LogP contribution in [0.15, 0.2) is 42.7 Å². The molecule has 0 atom stereocenters. The third-order valence-corrected chi connectivity index (χ3v) is 4.15. The number of aromatic carboxylic acids is 1. The van der Waals surface area contributed by atoms with E-state index >= 15 is 0 Å². The van der Waals surface area contributed by atoms with Crippen molar-refractivity contribution in [2.24, 2.45) is 0 Å². The van der Waals surface area contributed by atoms with Crippen molar-refractivity contribution in [2.45, 2.75) is 13.1 Å². The van der Waals surface area contributed by atoms with Crippen LogP contribution in [0.25, 0.3) is 0 Å². The molecule has 2 heterocycles. The first kappa shape index (κ1) is 16.2. The van der Waals surface area contributed by atoms with Crippen LogP contribution < -0.4 is 0 Å². The van der Waals surface area contributed by atoms with E-state index in [0.29, 0.717) is 13.1 Å². The average Bonchev–Trinajstić information content (AvgIpc) is 3.05. The molecule has 1 N–H and O–H groups in total. The molecule has 7 heteroatoms. The van der Waals surface area contributed by atoms with Crippen molar-refractivity contribution in [1.29, 1.82) is 0 Å². The van der Waals surface area contributed by atoms with Crippen LogP contribution in [0.2, 0.25) is 0 Å². The minimum absolute atomic E-state index is 0.0330. The Morgan fingerprint density at radius 1 is 1.08 bits per heavy atom. The lowest BCUT2D eigenvalue weighted by molar-refractivity contribution is -0.133. The zero-order chi connectivity index (χ0) is 16.9. The Morgan fingerprint density at radius 3 is 2.42 bits per heavy atom. The maximum Gasteiger partial charge on any atom is 0.338 e. The number of piperazine rings is 1. The SMILES string of the molecule is O=C(O)c1cnn(CC(=O)N2CCN(Cc3ccccc3)CC2)c1. The molecule has 0 saturated carbocycles. The molecule has 0 bridgehead atoms. The summed E-state index contributed by atoms with van der Waals surface area (Å²) in [5, 5.41) is 12.8. The summed E-state index contributed by atoms with van der Waals surface area (Å²) in [4.78, 5) is 27.3. The lowest BCUT2D eigenvalue weighted by atomic mass is 10.2. The molecule has 1 aromatic heterocycles. The predicted molar refractivity (Wildman–Crippen MR) is 87.5 cm³/mol. The fourth-order valence-corrected chi connectivity index (χ4v) is 2.80. The van der Waals surface area contributed by atoms with E-state index in [4.69, 9.17) is 5.11 Å². The zero-order valence-corrected chi connectivity index (χ0v) is 13.3. The smallest absolute Gasteiger partial charge is 0.338 e. The minimum atomic E-state index is -1.04. The molecular weight excluding hydrogens is 308 g/mol. The normalized spacial score (nSPS) is 15.4. The number of rotatable bonds is 5. The summed E-state index contributed by atoms with van der Waals surface area (Å²) < 4.78 is 1.38. The number of hydrogen-bond donors (Lipinski definition) is 1. The van der Waals surface area contributed by atoms with Gasteiger partial charge in [-0.1, -0.05) is 30.3 Å². The van der Waals surface area contributed by atoms with Gasteiger partial charge in [-0.15, -0.1) is 0 Å². The highest BCUT2D eigenvalue weighted by atomic mass is 16.4. The van der Waals surface area contributed by atoms with Crippen LogP contribution in [0.3, 0.4) is 0 Å². The van der Waals surface area contributed by atoms with Crippen molar-refractivity contribution in [3.8, 4) is 0 Å². The van der Waals surface area contributed by atoms with Gasteiger partial charge in [-0.25, -0.2) is 4.79 Å². The van der Waals surface area contributed by atoms with Gasteiger partial charge < -0.3 is 10.0 Å². The Kier molecular flexibility index (Phi) is 4.90. The first-order chi connectivity index (χ1) is 11.6. The maximum absolute atomic E-state index is 12.3. The zero-order valence-electron chi connectivity index (χ0n) is 13.3. The molecular formula is C17H20N4O3. The molecule has 126 valence electrons. The van der Waals surface area contributed by atoms with Crippen LogP contribution in [0, 0.1) is 0 Å². The molecule has 1 fully saturated rings. The molecule has 7 nitrogen and oxygen atoms in total. The lowest BCUT2D eigenvalue weighted by Gasteiger charge is -2.34. The highest BCUT2D eigenvalue weighted by molar-refractivity contribution is 5.87. The van der Waals surface area contributed by atoms with E-state index in [1.54, 1.807) is 0 Å². The fourth-order valence-electron chi connectivity index (χ4n) is 2.80. The fraction of sp³-hybridized carbons (Fsp3) is 0.353. The van der Waals surface area contributed by atoms with Gasteiger partial charge in [-0.2, -0.15) is 5.10 Å². The van der Waals surface area contributed by atoms with Gasteiger partial charge in [-0.3, -0.25) is 14.4 Å². The molecule has 1 aromatic carbocycles. The second kappa shape index (κ2) is 7.27. The summed E-state index contributed by atoms with van der Waals surface area (Å²) in [5.41, 5.74) is 1.37. The molecule has 0 unspecified atom stereocenters. The summed E-state index contributed by atoms with van der Waals surface area (Å²) >= 11 is 0. The molecule has 1 saturated heterocycles. The topological polar surface area (TPSA) is 78.7 Å². The second-order valence-electron chi connectivity index (χ2n) is 5.87. The number of benzene rings is 1. The largest absolute Gasteiger partial charge is 0.478 e. The summed E-state index contributed by atoms with van der Waals surface area (Å²) in [5.74, 6) is -1.07. The van der Waals surface area contributed by atoms with Crippen molar-refractivity contribution in [2.75, 3.05) is 26.2 Å². The molecule has 24 heavy (non-hydrogen) atoms. The quantitative estimate of drug-likeness (QED) is 0.883. The van der Waals surface area contributed by atoms with Crippen molar-refractivity contribution in [1.82, 2.24) is 19.6 Å². The van der Waals surface area contributed by atoms with E-state index in [1.807, 2.05) is 23.1 Å². The van der Waals surface area contributed by atoms with Gasteiger partial charge in [0.2, 0.25) is 5.91 Å². The van der Waals surface area contributed by atoms with Crippen LogP contribution >= 0.6 is 0 Å². The molecule has 0 aliphatic carbocycles. The molecule has 0 radical (unpaired) electrons. The summed E-state index contributed by atoms with van der Waals surface area (Å²) in [6, 6.07) is 10.3. The van der Waals surface area contributed by atoms with E-state index in [0.717, 1.165) is 19.6 Å². The van der Waals surface area contributed by atoms with Gasteiger partial charge in [0, 0.05) is 38.9 Å². The average molecular weight is 328 g/mol. The van der Waals surface area contributed by atoms with Crippen LogP contribution in [-0.2, 0) is 17.9 Å². The summed E-state index contributed by atoms with van der Waals surface area (Å²) in [6.07, 6.45) is 2.64. The monoisotopic (exact) mass is 328 g/mol. The van der Waals surface area contributed by atoms with E-state index in [1.165, 1.54) is 22.6 Å². The number of aromatic nitrogens is 2. The number of carbonyl (C=O) groups excluding carboxylic acids is 1. The Labute approximate surface area is 140 Å². The molecule has 1 aliphatic heterocycles. The highest BCUT2D eigenvalue weighted by Gasteiger charge is 2.21. The van der Waals surface area contributed by atoms with Crippen molar-refractivity contribution in [3.05, 3.63) is 53.9 Å². The van der Waals surface area contributed by atoms with E-state index in [9.17, 15) is 9.59 Å². The van der Waals surface area contributed by atoms with Gasteiger partial charge in [0.15, 0.2) is 0 Å². The number of nitrogens with zero attached hydrogens (tertiary/aromatic N) is 4. The van der Waals surface area contributed by atoms with Gasteiger partial charge in [0.1, 0.15) is 6.54 Å². The first-order valence-electron chi connectivity index (χ1n) is 7.91. The van der Waals surface area contributed by atoms with Gasteiger partial charge in [0.25, 0.3) is 0 Å². The molecule has 1 amide bonds. The predicted octanol–water partition coefficient (Wildman–Crippen LogP) is 0.926. The van der Waals surface area contributed by atoms with Crippen LogP contribution in [-0.4, -0.2) is 62.7 Å². The Hall–Kier alpha value is -2.67. The highest BCUT2D eigenvalue weighted by Crippen LogP contribution is 2.09. The van der Waals surface area contributed by atoms with Crippen molar-refractivity contribution in [3.63, 3.8) is 0 Å². The summed E-state index contributed by atoms with van der Waals surface area (Å²) in [7, 11) is 0. The minimum Gasteiger partial charge on any atom is -0.478 e. The van der Waals surface area contributed by atoms with E-state index in [-0.39, 0.29) is 18.0 Å². The first-order valence-corrected chi connectivity index (χ1v) is 7.91. The number of carboxylic acids is 1. The van der Waals surface area contributed by atoms with Crippen molar-refractivity contribution >= 4 is 11.9 Å². The molecule has 1 aliphatic rings. The molecule has 2 aromatic rings. The second-order valence-corrected chi connectivity index (χ2v) is 5.87. The maximum atomic E-state index is 12.3. The van der Waals surface area contributed by atoms with Gasteiger partial charge >= 0.3 is 5.97 Å². The van der Waals surface area contributed by atoms with Gasteiger partial charge in [-0.05, 0) is 5.56 Å².